The summed E-state index contributed by atoms with van der Waals surface area (Å²) >= 11 is 0. The highest BCUT2D eigenvalue weighted by atomic mass is 16.5. The van der Waals surface area contributed by atoms with Gasteiger partial charge in [-0.2, -0.15) is 4.98 Å². The molecule has 9 nitrogen and oxygen atoms in total. The number of hydrogen-bond acceptors (Lipinski definition) is 7. The van der Waals surface area contributed by atoms with Gasteiger partial charge in [-0.25, -0.2) is 0 Å². The number of aryl methyl sites for hydroxylation is 1. The summed E-state index contributed by atoms with van der Waals surface area (Å²) in [6.07, 6.45) is -0.0742. The Balaban J connectivity index is 1.32. The maximum atomic E-state index is 12.3. The van der Waals surface area contributed by atoms with Crippen LogP contribution in [-0.2, 0) is 16.0 Å². The van der Waals surface area contributed by atoms with Gasteiger partial charge in [-0.05, 0) is 56.3 Å². The fraction of sp³-hybridized carbons (Fsp3) is 0.273. The Morgan fingerprint density at radius 2 is 2.03 bits per heavy atom. The third-order valence-corrected chi connectivity index (χ3v) is 4.65. The van der Waals surface area contributed by atoms with Gasteiger partial charge in [0.2, 0.25) is 17.6 Å². The van der Waals surface area contributed by atoms with E-state index in [1.165, 1.54) is 0 Å². The van der Waals surface area contributed by atoms with Crippen LogP contribution >= 0.6 is 0 Å². The number of fused-ring (bicyclic) bond motifs is 1. The van der Waals surface area contributed by atoms with Crippen LogP contribution < -0.4 is 20.1 Å². The molecule has 1 aliphatic rings. The van der Waals surface area contributed by atoms with Gasteiger partial charge < -0.3 is 24.6 Å². The number of anilines is 2. The SMILES string of the molecule is CCOc1ccc(-c2noc(CCC(=O)Nc3ccc4c(c3)NC(=O)C(C)O4)n2)cc1. The molecule has 0 radical (unpaired) electrons. The van der Waals surface area contributed by atoms with Crippen LogP contribution in [0, 0.1) is 0 Å². The fourth-order valence-corrected chi connectivity index (χ4v) is 3.07. The monoisotopic (exact) mass is 422 g/mol. The Morgan fingerprint density at radius 1 is 1.23 bits per heavy atom. The first-order valence-corrected chi connectivity index (χ1v) is 9.99. The van der Waals surface area contributed by atoms with Crippen LogP contribution in [0.15, 0.2) is 47.0 Å². The van der Waals surface area contributed by atoms with Crippen molar-refractivity contribution < 1.29 is 23.6 Å². The minimum absolute atomic E-state index is 0.169. The Hall–Kier alpha value is -3.88. The summed E-state index contributed by atoms with van der Waals surface area (Å²) in [5.74, 6) is 1.73. The molecule has 0 spiro atoms. The van der Waals surface area contributed by atoms with Crippen molar-refractivity contribution in [2.45, 2.75) is 32.8 Å². The van der Waals surface area contributed by atoms with Crippen LogP contribution in [0.1, 0.15) is 26.2 Å². The van der Waals surface area contributed by atoms with E-state index in [1.54, 1.807) is 25.1 Å². The van der Waals surface area contributed by atoms with Crippen molar-refractivity contribution >= 4 is 23.2 Å². The van der Waals surface area contributed by atoms with Gasteiger partial charge in [0, 0.05) is 24.1 Å². The van der Waals surface area contributed by atoms with Crippen molar-refractivity contribution in [3.05, 3.63) is 48.4 Å². The molecule has 1 atom stereocenters. The van der Waals surface area contributed by atoms with E-state index < -0.39 is 6.10 Å². The zero-order valence-electron chi connectivity index (χ0n) is 17.2. The van der Waals surface area contributed by atoms with Crippen molar-refractivity contribution in [1.29, 1.82) is 0 Å². The normalized spacial score (nSPS) is 14.9. The second kappa shape index (κ2) is 8.86. The zero-order valence-corrected chi connectivity index (χ0v) is 17.2. The fourth-order valence-electron chi connectivity index (χ4n) is 3.07. The first-order chi connectivity index (χ1) is 15.0. The molecule has 31 heavy (non-hydrogen) atoms. The summed E-state index contributed by atoms with van der Waals surface area (Å²) in [7, 11) is 0. The van der Waals surface area contributed by atoms with Gasteiger partial charge in [0.15, 0.2) is 6.10 Å². The second-order valence-electron chi connectivity index (χ2n) is 6.98. The van der Waals surface area contributed by atoms with Gasteiger partial charge in [-0.15, -0.1) is 0 Å². The van der Waals surface area contributed by atoms with Crippen molar-refractivity contribution in [3.8, 4) is 22.9 Å². The molecule has 0 fully saturated rings. The van der Waals surface area contributed by atoms with Gasteiger partial charge in [0.05, 0.1) is 12.3 Å². The van der Waals surface area contributed by atoms with Gasteiger partial charge in [0.25, 0.3) is 5.91 Å². The van der Waals surface area contributed by atoms with E-state index in [9.17, 15) is 9.59 Å². The van der Waals surface area contributed by atoms with Crippen LogP contribution in [0.3, 0.4) is 0 Å². The predicted octanol–water partition coefficient (Wildman–Crippen LogP) is 3.43. The Bertz CT molecular complexity index is 1090. The van der Waals surface area contributed by atoms with Gasteiger partial charge in [-0.1, -0.05) is 5.16 Å². The second-order valence-corrected chi connectivity index (χ2v) is 6.98. The average molecular weight is 422 g/mol. The predicted molar refractivity (Wildman–Crippen MR) is 113 cm³/mol. The van der Waals surface area contributed by atoms with E-state index >= 15 is 0 Å². The molecule has 4 rings (SSSR count). The van der Waals surface area contributed by atoms with Crippen LogP contribution in [-0.4, -0.2) is 34.7 Å². The standard InChI is InChI=1S/C22H22N4O5/c1-3-29-16-7-4-14(5-8-16)21-25-20(31-26-21)11-10-19(27)23-15-6-9-18-17(12-15)24-22(28)13(2)30-18/h4-9,12-13H,3,10-11H2,1-2H3,(H,23,27)(H,24,28). The molecule has 2 heterocycles. The molecule has 1 aromatic heterocycles. The molecule has 0 saturated heterocycles. The summed E-state index contributed by atoms with van der Waals surface area (Å²) in [4.78, 5) is 28.4. The lowest BCUT2D eigenvalue weighted by Gasteiger charge is -2.23. The zero-order chi connectivity index (χ0) is 21.8. The van der Waals surface area contributed by atoms with E-state index in [0.29, 0.717) is 41.9 Å². The molecular weight excluding hydrogens is 400 g/mol. The third kappa shape index (κ3) is 4.82. The first kappa shape index (κ1) is 20.4. The Kier molecular flexibility index (Phi) is 5.83. The number of ether oxygens (including phenoxy) is 2. The molecule has 0 aliphatic carbocycles. The van der Waals surface area contributed by atoms with E-state index in [-0.39, 0.29) is 18.2 Å². The highest BCUT2D eigenvalue weighted by Crippen LogP contribution is 2.32. The molecule has 0 bridgehead atoms. The molecular formula is C22H22N4O5. The third-order valence-electron chi connectivity index (χ3n) is 4.65. The van der Waals surface area contributed by atoms with Crippen LogP contribution in [0.25, 0.3) is 11.4 Å². The molecule has 2 N–H and O–H groups in total. The molecule has 2 aromatic carbocycles. The van der Waals surface area contributed by atoms with Crippen LogP contribution in [0.2, 0.25) is 0 Å². The van der Waals surface area contributed by atoms with Crippen molar-refractivity contribution in [3.63, 3.8) is 0 Å². The lowest BCUT2D eigenvalue weighted by Crippen LogP contribution is -2.34. The van der Waals surface area contributed by atoms with Gasteiger partial charge in [-0.3, -0.25) is 9.59 Å². The summed E-state index contributed by atoms with van der Waals surface area (Å²) in [5, 5.41) is 9.52. The van der Waals surface area contributed by atoms with E-state index in [1.807, 2.05) is 31.2 Å². The number of amides is 2. The number of benzene rings is 2. The van der Waals surface area contributed by atoms with Crippen LogP contribution in [0.4, 0.5) is 11.4 Å². The minimum Gasteiger partial charge on any atom is -0.494 e. The van der Waals surface area contributed by atoms with Crippen molar-refractivity contribution in [2.24, 2.45) is 0 Å². The molecule has 160 valence electrons. The van der Waals surface area contributed by atoms with E-state index in [0.717, 1.165) is 11.3 Å². The minimum atomic E-state index is -0.546. The molecule has 1 aliphatic heterocycles. The summed E-state index contributed by atoms with van der Waals surface area (Å²) in [6, 6.07) is 12.5. The maximum Gasteiger partial charge on any atom is 0.265 e. The average Bonchev–Trinajstić information content (AvgIpc) is 3.23. The first-order valence-electron chi connectivity index (χ1n) is 9.99. The van der Waals surface area contributed by atoms with Gasteiger partial charge >= 0.3 is 0 Å². The quantitative estimate of drug-likeness (QED) is 0.599. The van der Waals surface area contributed by atoms with Crippen LogP contribution in [0.5, 0.6) is 11.5 Å². The van der Waals surface area contributed by atoms with Crippen molar-refractivity contribution in [2.75, 3.05) is 17.2 Å². The molecule has 1 unspecified atom stereocenters. The smallest absolute Gasteiger partial charge is 0.265 e. The number of hydrogen-bond donors (Lipinski definition) is 2. The number of carbonyl (C=O) groups excluding carboxylic acids is 2. The highest BCUT2D eigenvalue weighted by molar-refractivity contribution is 5.99. The molecule has 3 aromatic rings. The molecule has 0 saturated carbocycles. The highest BCUT2D eigenvalue weighted by Gasteiger charge is 2.23. The molecule has 9 heteroatoms. The maximum absolute atomic E-state index is 12.3. The lowest BCUT2D eigenvalue weighted by molar-refractivity contribution is -0.122. The number of nitrogens with zero attached hydrogens (tertiary/aromatic N) is 2. The molecule has 2 amide bonds. The summed E-state index contributed by atoms with van der Waals surface area (Å²) < 4.78 is 16.2. The Labute approximate surface area is 178 Å². The van der Waals surface area contributed by atoms with E-state index in [4.69, 9.17) is 14.0 Å². The summed E-state index contributed by atoms with van der Waals surface area (Å²) in [5.41, 5.74) is 1.89. The number of carbonyl (C=O) groups is 2. The van der Waals surface area contributed by atoms with E-state index in [2.05, 4.69) is 20.8 Å². The lowest BCUT2D eigenvalue weighted by atomic mass is 10.2. The summed E-state index contributed by atoms with van der Waals surface area (Å²) in [6.45, 7) is 4.20. The number of nitrogens with one attached hydrogen (secondary N) is 2. The number of rotatable bonds is 7. The van der Waals surface area contributed by atoms with Gasteiger partial charge in [0.1, 0.15) is 11.5 Å². The van der Waals surface area contributed by atoms with Crippen molar-refractivity contribution in [1.82, 2.24) is 10.1 Å². The largest absolute Gasteiger partial charge is 0.494 e. The number of aromatic nitrogens is 2. The Morgan fingerprint density at radius 3 is 2.81 bits per heavy atom. The topological polar surface area (TPSA) is 116 Å².